The molecule has 2 atom stereocenters. The van der Waals surface area contributed by atoms with Gasteiger partial charge < -0.3 is 9.64 Å². The van der Waals surface area contributed by atoms with Crippen LogP contribution in [0.3, 0.4) is 0 Å². The Labute approximate surface area is 154 Å². The molecule has 5 nitrogen and oxygen atoms in total. The highest BCUT2D eigenvalue weighted by Gasteiger charge is 2.34. The lowest BCUT2D eigenvalue weighted by atomic mass is 9.95. The van der Waals surface area contributed by atoms with Gasteiger partial charge >= 0.3 is 6.18 Å². The predicted molar refractivity (Wildman–Crippen MR) is 94.9 cm³/mol. The van der Waals surface area contributed by atoms with Crippen LogP contribution in [-0.4, -0.2) is 31.2 Å². The fourth-order valence-electron chi connectivity index (χ4n) is 3.53. The Bertz CT molecular complexity index is 791. The number of nitrogens with zero attached hydrogens (tertiary/aromatic N) is 2. The van der Waals surface area contributed by atoms with Crippen molar-refractivity contribution in [2.75, 3.05) is 25.2 Å². The van der Waals surface area contributed by atoms with Crippen LogP contribution < -0.4 is 4.90 Å². The van der Waals surface area contributed by atoms with Crippen LogP contribution in [0.2, 0.25) is 0 Å². The third-order valence-corrected chi connectivity index (χ3v) is 4.88. The Balaban J connectivity index is 1.81. The second kappa shape index (κ2) is 7.56. The third-order valence-electron chi connectivity index (χ3n) is 4.88. The number of hydrogen-bond donors (Lipinski definition) is 0. The molecule has 0 amide bonds. The van der Waals surface area contributed by atoms with E-state index in [0.29, 0.717) is 13.2 Å². The van der Waals surface area contributed by atoms with Crippen LogP contribution in [0.5, 0.6) is 0 Å². The Hall–Kier alpha value is -2.61. The lowest BCUT2D eigenvalue weighted by molar-refractivity contribution is -0.384. The van der Waals surface area contributed by atoms with E-state index < -0.39 is 16.7 Å². The minimum Gasteiger partial charge on any atom is -0.383 e. The summed E-state index contributed by atoms with van der Waals surface area (Å²) in [5.41, 5.74) is 1.02. The number of nitro benzene ring substituents is 1. The largest absolute Gasteiger partial charge is 0.416 e. The molecule has 1 aliphatic rings. The number of nitro groups is 1. The molecule has 1 unspecified atom stereocenters. The molecule has 0 saturated carbocycles. The van der Waals surface area contributed by atoms with Crippen LogP contribution in [0.25, 0.3) is 0 Å². The van der Waals surface area contributed by atoms with Gasteiger partial charge in [0, 0.05) is 37.4 Å². The molecular weight excluding hydrogens is 361 g/mol. The monoisotopic (exact) mass is 380 g/mol. The number of ether oxygens (including phenoxy) is 1. The summed E-state index contributed by atoms with van der Waals surface area (Å²) in [6.07, 6.45) is -3.62. The molecule has 0 radical (unpaired) electrons. The second-order valence-corrected chi connectivity index (χ2v) is 6.59. The smallest absolute Gasteiger partial charge is 0.383 e. The Morgan fingerprint density at radius 1 is 1.15 bits per heavy atom. The van der Waals surface area contributed by atoms with Gasteiger partial charge in [0.05, 0.1) is 23.1 Å². The van der Waals surface area contributed by atoms with Crippen LogP contribution in [0.4, 0.5) is 24.5 Å². The van der Waals surface area contributed by atoms with Gasteiger partial charge in [-0.15, -0.1) is 0 Å². The number of methoxy groups -OCH3 is 1. The van der Waals surface area contributed by atoms with Crippen LogP contribution in [0, 0.1) is 10.1 Å². The molecule has 1 heterocycles. The van der Waals surface area contributed by atoms with E-state index in [1.807, 2.05) is 0 Å². The maximum absolute atomic E-state index is 12.8. The minimum atomic E-state index is -4.35. The summed E-state index contributed by atoms with van der Waals surface area (Å²) >= 11 is 0. The molecule has 0 aliphatic carbocycles. The maximum atomic E-state index is 12.8. The zero-order valence-electron chi connectivity index (χ0n) is 14.6. The molecule has 2 aromatic rings. The normalized spacial score (nSPS) is 20.1. The summed E-state index contributed by atoms with van der Waals surface area (Å²) in [4.78, 5) is 12.5. The molecule has 1 saturated heterocycles. The number of halogens is 3. The van der Waals surface area contributed by atoms with Crippen LogP contribution in [0.1, 0.15) is 23.5 Å². The first-order valence-corrected chi connectivity index (χ1v) is 8.47. The van der Waals surface area contributed by atoms with E-state index in [9.17, 15) is 23.3 Å². The highest BCUT2D eigenvalue weighted by Crippen LogP contribution is 2.37. The molecule has 2 aromatic carbocycles. The van der Waals surface area contributed by atoms with Crippen molar-refractivity contribution in [3.05, 3.63) is 69.8 Å². The van der Waals surface area contributed by atoms with Crippen LogP contribution in [-0.2, 0) is 10.9 Å². The van der Waals surface area contributed by atoms with Gasteiger partial charge in [0.15, 0.2) is 0 Å². The Kier molecular flexibility index (Phi) is 5.36. The van der Waals surface area contributed by atoms with E-state index in [2.05, 4.69) is 4.90 Å². The van der Waals surface area contributed by atoms with Crippen molar-refractivity contribution in [3.63, 3.8) is 0 Å². The molecule has 1 aliphatic heterocycles. The van der Waals surface area contributed by atoms with Gasteiger partial charge in [-0.3, -0.25) is 10.1 Å². The van der Waals surface area contributed by atoms with Gasteiger partial charge in [-0.1, -0.05) is 12.1 Å². The van der Waals surface area contributed by atoms with Gasteiger partial charge in [0.2, 0.25) is 0 Å². The molecule has 144 valence electrons. The first-order chi connectivity index (χ1) is 12.8. The van der Waals surface area contributed by atoms with Crippen molar-refractivity contribution in [3.8, 4) is 0 Å². The molecule has 8 heteroatoms. The van der Waals surface area contributed by atoms with Crippen LogP contribution in [0.15, 0.2) is 48.5 Å². The fourth-order valence-corrected chi connectivity index (χ4v) is 3.53. The zero-order chi connectivity index (χ0) is 19.6. The SMILES string of the molecule is COC[C@@H]1CC(c2ccc(C(F)(F)F)cc2)CN1c1ccc([N+](=O)[O-])cc1. The van der Waals surface area contributed by atoms with E-state index in [1.165, 1.54) is 24.3 Å². The van der Waals surface area contributed by atoms with E-state index in [4.69, 9.17) is 4.74 Å². The fraction of sp³-hybridized carbons (Fsp3) is 0.368. The molecule has 3 rings (SSSR count). The Morgan fingerprint density at radius 2 is 1.78 bits per heavy atom. The van der Waals surface area contributed by atoms with Gasteiger partial charge in [-0.05, 0) is 36.2 Å². The standard InChI is InChI=1S/C19H19F3N2O3/c1-27-12-18-10-14(13-2-4-15(5-3-13)19(20,21)22)11-23(18)16-6-8-17(9-7-16)24(25)26/h2-9,14,18H,10-12H2,1H3/t14?,18-/m0/s1. The number of anilines is 1. The molecule has 1 fully saturated rings. The van der Waals surface area contributed by atoms with Crippen molar-refractivity contribution in [2.24, 2.45) is 0 Å². The highest BCUT2D eigenvalue weighted by molar-refractivity contribution is 5.53. The summed E-state index contributed by atoms with van der Waals surface area (Å²) in [7, 11) is 1.60. The summed E-state index contributed by atoms with van der Waals surface area (Å²) in [5, 5.41) is 10.8. The van der Waals surface area contributed by atoms with E-state index in [0.717, 1.165) is 29.8 Å². The summed E-state index contributed by atoms with van der Waals surface area (Å²) in [5.74, 6) is 0.0580. The first kappa shape index (κ1) is 19.2. The van der Waals surface area contributed by atoms with Gasteiger partial charge in [-0.25, -0.2) is 0 Å². The second-order valence-electron chi connectivity index (χ2n) is 6.59. The number of benzene rings is 2. The quantitative estimate of drug-likeness (QED) is 0.561. The van der Waals surface area contributed by atoms with E-state index in [-0.39, 0.29) is 17.6 Å². The summed E-state index contributed by atoms with van der Waals surface area (Å²) < 4.78 is 43.6. The number of alkyl halides is 3. The summed E-state index contributed by atoms with van der Waals surface area (Å²) in [6.45, 7) is 1.07. The molecule has 0 bridgehead atoms. The Morgan fingerprint density at radius 3 is 2.30 bits per heavy atom. The number of non-ortho nitro benzene ring substituents is 1. The molecular formula is C19H19F3N2O3. The average Bonchev–Trinajstić information content (AvgIpc) is 3.05. The van der Waals surface area contributed by atoms with Gasteiger partial charge in [0.25, 0.3) is 5.69 Å². The predicted octanol–water partition coefficient (Wildman–Crippen LogP) is 4.62. The van der Waals surface area contributed by atoms with Crippen molar-refractivity contribution >= 4 is 11.4 Å². The van der Waals surface area contributed by atoms with Crippen molar-refractivity contribution < 1.29 is 22.8 Å². The van der Waals surface area contributed by atoms with Crippen molar-refractivity contribution in [1.82, 2.24) is 0 Å². The topological polar surface area (TPSA) is 55.6 Å². The summed E-state index contributed by atoms with van der Waals surface area (Å²) in [6, 6.07) is 11.6. The average molecular weight is 380 g/mol. The van der Waals surface area contributed by atoms with Gasteiger partial charge in [0.1, 0.15) is 0 Å². The van der Waals surface area contributed by atoms with E-state index in [1.54, 1.807) is 19.2 Å². The maximum Gasteiger partial charge on any atom is 0.416 e. The molecule has 0 aromatic heterocycles. The molecule has 27 heavy (non-hydrogen) atoms. The van der Waals surface area contributed by atoms with Crippen molar-refractivity contribution in [2.45, 2.75) is 24.6 Å². The highest BCUT2D eigenvalue weighted by atomic mass is 19.4. The van der Waals surface area contributed by atoms with Crippen LogP contribution >= 0.6 is 0 Å². The lowest BCUT2D eigenvalue weighted by Gasteiger charge is -2.26. The first-order valence-electron chi connectivity index (χ1n) is 8.47. The molecule has 0 N–H and O–H groups in total. The zero-order valence-corrected chi connectivity index (χ0v) is 14.6. The van der Waals surface area contributed by atoms with E-state index >= 15 is 0 Å². The number of rotatable bonds is 5. The molecule has 0 spiro atoms. The van der Waals surface area contributed by atoms with Gasteiger partial charge in [-0.2, -0.15) is 13.2 Å². The minimum absolute atomic E-state index is 0.0144. The lowest BCUT2D eigenvalue weighted by Crippen LogP contribution is -2.32. The van der Waals surface area contributed by atoms with Crippen molar-refractivity contribution in [1.29, 1.82) is 0 Å². The third kappa shape index (κ3) is 4.21. The number of hydrogen-bond acceptors (Lipinski definition) is 4.